The van der Waals surface area contributed by atoms with Crippen LogP contribution in [0.1, 0.15) is 31.2 Å². The monoisotopic (exact) mass is 229 g/mol. The summed E-state index contributed by atoms with van der Waals surface area (Å²) in [6.45, 7) is 4.06. The van der Waals surface area contributed by atoms with Crippen molar-refractivity contribution in [1.29, 1.82) is 5.41 Å². The number of nitrogen functional groups attached to an aromatic ring is 1. The van der Waals surface area contributed by atoms with E-state index in [1.807, 2.05) is 32.0 Å². The van der Waals surface area contributed by atoms with E-state index in [9.17, 15) is 0 Å². The lowest BCUT2D eigenvalue weighted by atomic mass is 10.1. The number of nitrogens with two attached hydrogens (primary N) is 1. The van der Waals surface area contributed by atoms with E-state index in [1.165, 1.54) is 0 Å². The van der Waals surface area contributed by atoms with Gasteiger partial charge in [0.05, 0.1) is 6.20 Å². The standard InChI is InChI=1S/C13H15N3O/c1-8(2)13-16-7-11(17-13)9-4-3-5-10(6-9)12(14)15/h3-8H,1-2H3,(H3,14,15). The smallest absolute Gasteiger partial charge is 0.197 e. The lowest BCUT2D eigenvalue weighted by molar-refractivity contribution is 0.481. The number of hydrogen-bond donors (Lipinski definition) is 2. The highest BCUT2D eigenvalue weighted by molar-refractivity contribution is 5.95. The van der Waals surface area contributed by atoms with Crippen LogP contribution in [0, 0.1) is 5.41 Å². The normalized spacial score (nSPS) is 10.8. The van der Waals surface area contributed by atoms with Crippen LogP contribution in [-0.4, -0.2) is 10.8 Å². The Kier molecular flexibility index (Phi) is 2.95. The second kappa shape index (κ2) is 4.41. The predicted molar refractivity (Wildman–Crippen MR) is 67.0 cm³/mol. The van der Waals surface area contributed by atoms with Crippen molar-refractivity contribution in [2.45, 2.75) is 19.8 Å². The largest absolute Gasteiger partial charge is 0.440 e. The van der Waals surface area contributed by atoms with Crippen LogP contribution in [-0.2, 0) is 0 Å². The fraction of sp³-hybridized carbons (Fsp3) is 0.231. The maximum absolute atomic E-state index is 7.40. The van der Waals surface area contributed by atoms with E-state index in [0.29, 0.717) is 17.2 Å². The molecule has 0 unspecified atom stereocenters. The molecule has 0 saturated heterocycles. The number of nitrogens with one attached hydrogen (secondary N) is 1. The average Bonchev–Trinajstić information content (AvgIpc) is 2.78. The Morgan fingerprint density at radius 2 is 2.18 bits per heavy atom. The Labute approximate surface area is 100.0 Å². The first-order valence-corrected chi connectivity index (χ1v) is 5.48. The maximum Gasteiger partial charge on any atom is 0.197 e. The van der Waals surface area contributed by atoms with Crippen molar-refractivity contribution in [2.75, 3.05) is 0 Å². The van der Waals surface area contributed by atoms with Crippen molar-refractivity contribution in [2.24, 2.45) is 5.73 Å². The minimum Gasteiger partial charge on any atom is -0.440 e. The van der Waals surface area contributed by atoms with E-state index >= 15 is 0 Å². The van der Waals surface area contributed by atoms with E-state index in [2.05, 4.69) is 4.98 Å². The molecule has 0 aliphatic heterocycles. The van der Waals surface area contributed by atoms with Crippen LogP contribution in [0.2, 0.25) is 0 Å². The van der Waals surface area contributed by atoms with Gasteiger partial charge in [-0.05, 0) is 6.07 Å². The van der Waals surface area contributed by atoms with Crippen molar-refractivity contribution in [3.05, 3.63) is 41.9 Å². The van der Waals surface area contributed by atoms with Crippen molar-refractivity contribution in [1.82, 2.24) is 4.98 Å². The molecule has 17 heavy (non-hydrogen) atoms. The number of aromatic nitrogens is 1. The lowest BCUT2D eigenvalue weighted by Gasteiger charge is -2.01. The summed E-state index contributed by atoms with van der Waals surface area (Å²) >= 11 is 0. The SMILES string of the molecule is CC(C)c1ncc(-c2cccc(C(=N)N)c2)o1. The van der Waals surface area contributed by atoms with Gasteiger partial charge in [-0.2, -0.15) is 0 Å². The Balaban J connectivity index is 2.38. The molecular formula is C13H15N3O. The first kappa shape index (κ1) is 11.4. The molecule has 2 rings (SSSR count). The summed E-state index contributed by atoms with van der Waals surface area (Å²) in [4.78, 5) is 4.22. The Bertz CT molecular complexity index is 543. The molecule has 0 bridgehead atoms. The van der Waals surface area contributed by atoms with Gasteiger partial charge in [0.2, 0.25) is 0 Å². The third-order valence-electron chi connectivity index (χ3n) is 2.48. The van der Waals surface area contributed by atoms with E-state index in [-0.39, 0.29) is 11.8 Å². The Hall–Kier alpha value is -2.10. The molecule has 4 nitrogen and oxygen atoms in total. The van der Waals surface area contributed by atoms with Crippen LogP contribution in [0.5, 0.6) is 0 Å². The summed E-state index contributed by atoms with van der Waals surface area (Å²) in [5.74, 6) is 1.74. The van der Waals surface area contributed by atoms with E-state index < -0.39 is 0 Å². The van der Waals surface area contributed by atoms with Gasteiger partial charge in [-0.25, -0.2) is 4.98 Å². The van der Waals surface area contributed by atoms with E-state index in [1.54, 1.807) is 12.3 Å². The van der Waals surface area contributed by atoms with Crippen LogP contribution in [0.4, 0.5) is 0 Å². The number of oxazole rings is 1. The van der Waals surface area contributed by atoms with Gasteiger partial charge in [0.15, 0.2) is 11.7 Å². The van der Waals surface area contributed by atoms with Crippen LogP contribution >= 0.6 is 0 Å². The predicted octanol–water partition coefficient (Wildman–Crippen LogP) is 2.75. The number of amidine groups is 1. The average molecular weight is 229 g/mol. The van der Waals surface area contributed by atoms with Crippen LogP contribution in [0.15, 0.2) is 34.9 Å². The number of rotatable bonds is 3. The van der Waals surface area contributed by atoms with Gasteiger partial charge in [-0.15, -0.1) is 0 Å². The molecule has 3 N–H and O–H groups in total. The summed E-state index contributed by atoms with van der Waals surface area (Å²) in [6.07, 6.45) is 1.70. The van der Waals surface area contributed by atoms with Gasteiger partial charge < -0.3 is 10.2 Å². The summed E-state index contributed by atoms with van der Waals surface area (Å²) in [6, 6.07) is 7.39. The van der Waals surface area contributed by atoms with Crippen molar-refractivity contribution in [3.8, 4) is 11.3 Å². The van der Waals surface area contributed by atoms with Crippen LogP contribution in [0.25, 0.3) is 11.3 Å². The van der Waals surface area contributed by atoms with Crippen LogP contribution < -0.4 is 5.73 Å². The molecule has 2 aromatic rings. The zero-order chi connectivity index (χ0) is 12.4. The molecule has 88 valence electrons. The molecule has 0 spiro atoms. The minimum absolute atomic E-state index is 0.0513. The summed E-state index contributed by atoms with van der Waals surface area (Å²) in [5.41, 5.74) is 7.02. The van der Waals surface area contributed by atoms with Gasteiger partial charge >= 0.3 is 0 Å². The third-order valence-corrected chi connectivity index (χ3v) is 2.48. The molecule has 0 radical (unpaired) electrons. The maximum atomic E-state index is 7.40. The zero-order valence-electron chi connectivity index (χ0n) is 9.90. The quantitative estimate of drug-likeness (QED) is 0.627. The van der Waals surface area contributed by atoms with Crippen LogP contribution in [0.3, 0.4) is 0 Å². The fourth-order valence-electron chi connectivity index (χ4n) is 1.53. The van der Waals surface area contributed by atoms with E-state index in [4.69, 9.17) is 15.6 Å². The molecule has 1 aromatic carbocycles. The molecule has 1 heterocycles. The molecular weight excluding hydrogens is 214 g/mol. The first-order valence-electron chi connectivity index (χ1n) is 5.48. The van der Waals surface area contributed by atoms with Gasteiger partial charge in [-0.3, -0.25) is 5.41 Å². The number of benzene rings is 1. The number of nitrogens with zero attached hydrogens (tertiary/aromatic N) is 1. The molecule has 0 atom stereocenters. The highest BCUT2D eigenvalue weighted by Gasteiger charge is 2.10. The molecule has 0 saturated carbocycles. The Morgan fingerprint density at radius 3 is 2.76 bits per heavy atom. The molecule has 0 aliphatic rings. The summed E-state index contributed by atoms with van der Waals surface area (Å²) in [7, 11) is 0. The van der Waals surface area contributed by atoms with Gasteiger partial charge in [0, 0.05) is 17.0 Å². The molecule has 0 aliphatic carbocycles. The molecule has 4 heteroatoms. The lowest BCUT2D eigenvalue weighted by Crippen LogP contribution is -2.10. The third kappa shape index (κ3) is 2.36. The van der Waals surface area contributed by atoms with Gasteiger partial charge in [0.1, 0.15) is 5.84 Å². The van der Waals surface area contributed by atoms with Crippen molar-refractivity contribution >= 4 is 5.84 Å². The highest BCUT2D eigenvalue weighted by atomic mass is 16.4. The Morgan fingerprint density at radius 1 is 1.41 bits per heavy atom. The molecule has 1 aromatic heterocycles. The minimum atomic E-state index is 0.0513. The highest BCUT2D eigenvalue weighted by Crippen LogP contribution is 2.24. The second-order valence-corrected chi connectivity index (χ2v) is 4.21. The topological polar surface area (TPSA) is 75.9 Å². The van der Waals surface area contributed by atoms with Gasteiger partial charge in [0.25, 0.3) is 0 Å². The summed E-state index contributed by atoms with van der Waals surface area (Å²) < 4.78 is 5.64. The zero-order valence-corrected chi connectivity index (χ0v) is 9.90. The first-order chi connectivity index (χ1) is 8.08. The van der Waals surface area contributed by atoms with Crippen molar-refractivity contribution in [3.63, 3.8) is 0 Å². The van der Waals surface area contributed by atoms with Gasteiger partial charge in [-0.1, -0.05) is 32.0 Å². The fourth-order valence-corrected chi connectivity index (χ4v) is 1.53. The van der Waals surface area contributed by atoms with Crippen molar-refractivity contribution < 1.29 is 4.42 Å². The summed E-state index contributed by atoms with van der Waals surface area (Å²) in [5, 5.41) is 7.40. The second-order valence-electron chi connectivity index (χ2n) is 4.21. The molecule has 0 amide bonds. The molecule has 0 fully saturated rings. The van der Waals surface area contributed by atoms with E-state index in [0.717, 1.165) is 5.56 Å². The number of hydrogen-bond acceptors (Lipinski definition) is 3.